The van der Waals surface area contributed by atoms with E-state index in [1.54, 1.807) is 6.07 Å². The van der Waals surface area contributed by atoms with Gasteiger partial charge in [0.05, 0.1) is 24.8 Å². The predicted molar refractivity (Wildman–Crippen MR) is 160 cm³/mol. The molecule has 0 heterocycles. The molecule has 0 radical (unpaired) electrons. The number of amides is 2. The number of anilines is 1. The minimum Gasteiger partial charge on any atom is -0.493 e. The maximum atomic E-state index is 14.7. The van der Waals surface area contributed by atoms with Crippen LogP contribution in [0.5, 0.6) is 11.5 Å². The monoisotopic (exact) mass is 619 g/mol. The Labute approximate surface area is 251 Å². The molecule has 1 atom stereocenters. The van der Waals surface area contributed by atoms with Gasteiger partial charge in [-0.1, -0.05) is 43.6 Å². The minimum atomic E-state index is -4.37. The van der Waals surface area contributed by atoms with Crippen LogP contribution in [0.4, 0.5) is 10.1 Å². The third kappa shape index (κ3) is 7.92. The van der Waals surface area contributed by atoms with Crippen LogP contribution >= 0.6 is 11.6 Å². The number of hydrogen-bond acceptors (Lipinski definition) is 6. The first kappa shape index (κ1) is 32.7. The Bertz CT molecular complexity index is 1500. The first-order valence-corrected chi connectivity index (χ1v) is 15.0. The van der Waals surface area contributed by atoms with Gasteiger partial charge in [0.25, 0.3) is 10.0 Å². The van der Waals surface area contributed by atoms with Gasteiger partial charge in [-0.25, -0.2) is 12.8 Å². The number of sulfonamides is 1. The lowest BCUT2D eigenvalue weighted by atomic mass is 10.1. The molecule has 0 spiro atoms. The van der Waals surface area contributed by atoms with Crippen LogP contribution in [0.25, 0.3) is 0 Å². The second-order valence-corrected chi connectivity index (χ2v) is 12.2. The molecular weight excluding hydrogens is 585 g/mol. The zero-order valence-corrected chi connectivity index (χ0v) is 25.7. The second kappa shape index (κ2) is 14.4. The predicted octanol–water partition coefficient (Wildman–Crippen LogP) is 4.88. The third-order valence-corrected chi connectivity index (χ3v) is 8.51. The van der Waals surface area contributed by atoms with Gasteiger partial charge in [-0.15, -0.1) is 0 Å². The highest BCUT2D eigenvalue weighted by atomic mass is 35.5. The summed E-state index contributed by atoms with van der Waals surface area (Å²) in [6.45, 7) is 4.80. The van der Waals surface area contributed by atoms with Crippen molar-refractivity contribution in [3.05, 3.63) is 83.1 Å². The van der Waals surface area contributed by atoms with Crippen molar-refractivity contribution in [3.8, 4) is 11.5 Å². The summed E-state index contributed by atoms with van der Waals surface area (Å²) in [4.78, 5) is 28.0. The molecule has 0 aliphatic rings. The average molecular weight is 620 g/mol. The Morgan fingerprint density at radius 1 is 0.952 bits per heavy atom. The Morgan fingerprint density at radius 2 is 1.60 bits per heavy atom. The van der Waals surface area contributed by atoms with Crippen molar-refractivity contribution >= 4 is 39.1 Å². The summed E-state index contributed by atoms with van der Waals surface area (Å²) in [5, 5.41) is 3.16. The molecule has 3 aromatic rings. The van der Waals surface area contributed by atoms with Crippen LogP contribution in [0.15, 0.2) is 71.6 Å². The molecule has 0 aliphatic heterocycles. The van der Waals surface area contributed by atoms with Gasteiger partial charge in [-0.3, -0.25) is 13.9 Å². The van der Waals surface area contributed by atoms with Crippen LogP contribution in [0, 0.1) is 11.7 Å². The lowest BCUT2D eigenvalue weighted by Crippen LogP contribution is -2.51. The summed E-state index contributed by atoms with van der Waals surface area (Å²) in [6.07, 6.45) is 0. The van der Waals surface area contributed by atoms with E-state index in [1.165, 1.54) is 86.7 Å². The number of benzene rings is 3. The third-order valence-electron chi connectivity index (χ3n) is 6.49. The molecule has 9 nitrogen and oxygen atoms in total. The fraction of sp³-hybridized carbons (Fsp3) is 0.333. The number of rotatable bonds is 13. The Kier molecular flexibility index (Phi) is 11.2. The summed E-state index contributed by atoms with van der Waals surface area (Å²) in [5.41, 5.74) is 0.334. The molecule has 226 valence electrons. The normalized spacial score (nSPS) is 12.0. The van der Waals surface area contributed by atoms with Crippen molar-refractivity contribution in [2.75, 3.05) is 31.6 Å². The van der Waals surface area contributed by atoms with E-state index in [0.29, 0.717) is 17.3 Å². The summed E-state index contributed by atoms with van der Waals surface area (Å²) >= 11 is 6.06. The Balaban J connectivity index is 2.06. The molecule has 0 aliphatic carbocycles. The lowest BCUT2D eigenvalue weighted by molar-refractivity contribution is -0.139. The van der Waals surface area contributed by atoms with E-state index in [9.17, 15) is 22.4 Å². The van der Waals surface area contributed by atoms with Gasteiger partial charge in [0.1, 0.15) is 18.4 Å². The number of ether oxygens (including phenoxy) is 2. The van der Waals surface area contributed by atoms with Crippen LogP contribution in [0.3, 0.4) is 0 Å². The minimum absolute atomic E-state index is 0.156. The first-order chi connectivity index (χ1) is 19.9. The van der Waals surface area contributed by atoms with Crippen LogP contribution in [0.2, 0.25) is 5.02 Å². The van der Waals surface area contributed by atoms with E-state index >= 15 is 0 Å². The molecule has 1 N–H and O–H groups in total. The van der Waals surface area contributed by atoms with Crippen molar-refractivity contribution in [2.45, 2.75) is 38.3 Å². The largest absolute Gasteiger partial charge is 0.493 e. The van der Waals surface area contributed by atoms with Crippen LogP contribution in [0.1, 0.15) is 26.3 Å². The quantitative estimate of drug-likeness (QED) is 0.292. The number of carbonyl (C=O) groups excluding carboxylic acids is 2. The Hall–Kier alpha value is -3.83. The maximum absolute atomic E-state index is 14.7. The van der Waals surface area contributed by atoms with Crippen LogP contribution in [-0.4, -0.2) is 58.5 Å². The second-order valence-electron chi connectivity index (χ2n) is 9.93. The van der Waals surface area contributed by atoms with Gasteiger partial charge < -0.3 is 19.7 Å². The van der Waals surface area contributed by atoms with Crippen molar-refractivity contribution < 1.29 is 31.9 Å². The molecule has 0 fully saturated rings. The fourth-order valence-electron chi connectivity index (χ4n) is 4.09. The molecule has 12 heteroatoms. The molecule has 3 aromatic carbocycles. The summed E-state index contributed by atoms with van der Waals surface area (Å²) in [6, 6.07) is 14.9. The zero-order chi connectivity index (χ0) is 31.0. The molecular formula is C30H35ClFN3O6S. The van der Waals surface area contributed by atoms with Crippen molar-refractivity contribution in [3.63, 3.8) is 0 Å². The number of nitrogens with zero attached hydrogens (tertiary/aromatic N) is 2. The van der Waals surface area contributed by atoms with E-state index in [1.807, 2.05) is 13.8 Å². The molecule has 0 bridgehead atoms. The highest BCUT2D eigenvalue weighted by Gasteiger charge is 2.33. The van der Waals surface area contributed by atoms with E-state index in [2.05, 4.69) is 5.32 Å². The lowest BCUT2D eigenvalue weighted by Gasteiger charge is -2.32. The zero-order valence-electron chi connectivity index (χ0n) is 24.1. The highest BCUT2D eigenvalue weighted by Crippen LogP contribution is 2.32. The molecule has 3 rings (SSSR count). The van der Waals surface area contributed by atoms with Gasteiger partial charge in [0.2, 0.25) is 11.8 Å². The molecule has 42 heavy (non-hydrogen) atoms. The highest BCUT2D eigenvalue weighted by molar-refractivity contribution is 7.92. The fourth-order valence-corrected chi connectivity index (χ4v) is 5.64. The van der Waals surface area contributed by atoms with Crippen LogP contribution < -0.4 is 19.1 Å². The Morgan fingerprint density at radius 3 is 2.19 bits per heavy atom. The van der Waals surface area contributed by atoms with Crippen molar-refractivity contribution in [2.24, 2.45) is 5.92 Å². The van der Waals surface area contributed by atoms with Gasteiger partial charge in [-0.05, 0) is 55.3 Å². The average Bonchev–Trinajstić information content (AvgIpc) is 2.97. The van der Waals surface area contributed by atoms with E-state index in [0.717, 1.165) is 4.31 Å². The summed E-state index contributed by atoms with van der Waals surface area (Å²) in [7, 11) is -1.57. The van der Waals surface area contributed by atoms with Gasteiger partial charge in [0, 0.05) is 29.7 Å². The topological polar surface area (TPSA) is 105 Å². The molecule has 0 saturated heterocycles. The van der Waals surface area contributed by atoms with E-state index in [-0.39, 0.29) is 34.4 Å². The van der Waals surface area contributed by atoms with Crippen molar-refractivity contribution in [1.82, 2.24) is 10.2 Å². The number of methoxy groups -OCH3 is 2. The number of hydrogen-bond donors (Lipinski definition) is 1. The van der Waals surface area contributed by atoms with Crippen LogP contribution in [-0.2, 0) is 26.2 Å². The van der Waals surface area contributed by atoms with Gasteiger partial charge in [-0.2, -0.15) is 0 Å². The number of nitrogens with one attached hydrogen (secondary N) is 1. The molecule has 2 amide bonds. The molecule has 0 unspecified atom stereocenters. The molecule has 0 aromatic heterocycles. The van der Waals surface area contributed by atoms with E-state index in [4.69, 9.17) is 21.1 Å². The van der Waals surface area contributed by atoms with E-state index < -0.39 is 40.2 Å². The molecule has 0 saturated carbocycles. The number of carbonyl (C=O) groups is 2. The SMILES string of the molecule is COc1ccc(S(=O)(=O)N(CC(=O)N(Cc2ccccc2F)[C@@H](C)C(=O)NCC(C)C)c2ccc(Cl)cc2)cc1OC. The first-order valence-electron chi connectivity index (χ1n) is 13.2. The van der Waals surface area contributed by atoms with Crippen molar-refractivity contribution in [1.29, 1.82) is 0 Å². The summed E-state index contributed by atoms with van der Waals surface area (Å²) < 4.78 is 54.1. The maximum Gasteiger partial charge on any atom is 0.264 e. The summed E-state index contributed by atoms with van der Waals surface area (Å²) in [5.74, 6) is -1.07. The van der Waals surface area contributed by atoms with Gasteiger partial charge in [0.15, 0.2) is 11.5 Å². The number of halogens is 2. The van der Waals surface area contributed by atoms with Gasteiger partial charge >= 0.3 is 0 Å². The smallest absolute Gasteiger partial charge is 0.264 e. The standard InChI is InChI=1S/C30H35ClFN3O6S/c1-20(2)17-33-30(37)21(3)34(18-22-8-6-7-9-26(22)32)29(36)19-35(24-12-10-23(31)11-13-24)42(38,39)25-14-15-27(40-4)28(16-25)41-5/h6-16,20-21H,17-19H2,1-5H3,(H,33,37)/t21-/m0/s1.